The van der Waals surface area contributed by atoms with Crippen molar-refractivity contribution in [2.75, 3.05) is 6.61 Å². The smallest absolute Gasteiger partial charge is 0.254 e. The van der Waals surface area contributed by atoms with Crippen LogP contribution < -0.4 is 10.5 Å². The SMILES string of the molecule is NC(=O)c1c(F)ccc(OCCCc2nc(-c3ccc(Cl)cc3)c(Br)o2)c1F. The Morgan fingerprint density at radius 2 is 1.93 bits per heavy atom. The number of hydrogen-bond acceptors (Lipinski definition) is 4. The van der Waals surface area contributed by atoms with E-state index in [1.54, 1.807) is 12.1 Å². The van der Waals surface area contributed by atoms with Crippen LogP contribution in [0.4, 0.5) is 8.78 Å². The number of amides is 1. The average molecular weight is 472 g/mol. The third-order valence-electron chi connectivity index (χ3n) is 3.84. The molecule has 0 unspecified atom stereocenters. The number of halogens is 4. The van der Waals surface area contributed by atoms with Crippen LogP contribution in [0.25, 0.3) is 11.3 Å². The van der Waals surface area contributed by atoms with Gasteiger partial charge < -0.3 is 14.9 Å². The monoisotopic (exact) mass is 470 g/mol. The molecule has 3 aromatic rings. The molecule has 1 amide bonds. The molecule has 5 nitrogen and oxygen atoms in total. The number of aromatic nitrogens is 1. The number of nitrogens with zero attached hydrogens (tertiary/aromatic N) is 1. The zero-order chi connectivity index (χ0) is 20.3. The molecule has 0 fully saturated rings. The first-order chi connectivity index (χ1) is 13.4. The number of primary amides is 1. The molecule has 0 atom stereocenters. The van der Waals surface area contributed by atoms with E-state index in [0.29, 0.717) is 34.1 Å². The fourth-order valence-electron chi connectivity index (χ4n) is 2.51. The topological polar surface area (TPSA) is 78.4 Å². The maximum atomic E-state index is 14.1. The molecule has 0 aliphatic carbocycles. The Balaban J connectivity index is 1.61. The fraction of sp³-hybridized carbons (Fsp3) is 0.158. The summed E-state index contributed by atoms with van der Waals surface area (Å²) in [5.74, 6) is -3.11. The lowest BCUT2D eigenvalue weighted by Crippen LogP contribution is -2.16. The molecule has 3 rings (SSSR count). The van der Waals surface area contributed by atoms with Crippen molar-refractivity contribution in [3.8, 4) is 17.0 Å². The second-order valence-electron chi connectivity index (χ2n) is 5.79. The maximum Gasteiger partial charge on any atom is 0.254 e. The van der Waals surface area contributed by atoms with Gasteiger partial charge >= 0.3 is 0 Å². The summed E-state index contributed by atoms with van der Waals surface area (Å²) in [6.07, 6.45) is 0.882. The molecular formula is C19H14BrClF2N2O3. The standard InChI is InChI=1S/C19H14BrClF2N2O3/c20-18-17(10-3-5-11(21)6-4-10)25-14(28-18)2-1-9-27-13-8-7-12(22)15(16(13)23)19(24)26/h3-8H,1-2,9H2,(H2,24,26). The van der Waals surface area contributed by atoms with Crippen molar-refractivity contribution in [2.24, 2.45) is 5.73 Å². The lowest BCUT2D eigenvalue weighted by molar-refractivity contribution is 0.0991. The number of carbonyl (C=O) groups excluding carboxylic acids is 1. The van der Waals surface area contributed by atoms with E-state index in [2.05, 4.69) is 20.9 Å². The molecule has 0 saturated carbocycles. The number of oxazole rings is 1. The Bertz CT molecular complexity index is 1010. The highest BCUT2D eigenvalue weighted by atomic mass is 79.9. The number of aryl methyl sites for hydroxylation is 1. The molecule has 0 saturated heterocycles. The molecule has 0 radical (unpaired) electrons. The first-order valence-electron chi connectivity index (χ1n) is 8.18. The summed E-state index contributed by atoms with van der Waals surface area (Å²) in [6, 6.07) is 9.20. The van der Waals surface area contributed by atoms with E-state index >= 15 is 0 Å². The Labute approximate surface area is 172 Å². The van der Waals surface area contributed by atoms with Gasteiger partial charge in [-0.1, -0.05) is 23.7 Å². The summed E-state index contributed by atoms with van der Waals surface area (Å²) in [5.41, 5.74) is 5.65. The lowest BCUT2D eigenvalue weighted by Gasteiger charge is -2.09. The zero-order valence-electron chi connectivity index (χ0n) is 14.3. The zero-order valence-corrected chi connectivity index (χ0v) is 16.7. The molecule has 2 N–H and O–H groups in total. The summed E-state index contributed by atoms with van der Waals surface area (Å²) in [4.78, 5) is 15.6. The van der Waals surface area contributed by atoms with E-state index in [0.717, 1.165) is 17.7 Å². The number of rotatable bonds is 7. The van der Waals surface area contributed by atoms with Gasteiger partial charge in [0.15, 0.2) is 22.1 Å². The van der Waals surface area contributed by atoms with Gasteiger partial charge in [-0.15, -0.1) is 0 Å². The molecule has 0 aliphatic heterocycles. The first-order valence-corrected chi connectivity index (χ1v) is 9.35. The summed E-state index contributed by atoms with van der Waals surface area (Å²) in [5, 5.41) is 0.619. The van der Waals surface area contributed by atoms with E-state index in [4.69, 9.17) is 26.5 Å². The van der Waals surface area contributed by atoms with Gasteiger partial charge in [0.05, 0.1) is 6.61 Å². The predicted octanol–water partition coefficient (Wildman–Crippen LogP) is 5.15. The van der Waals surface area contributed by atoms with Gasteiger partial charge in [-0.3, -0.25) is 4.79 Å². The minimum Gasteiger partial charge on any atom is -0.490 e. The van der Waals surface area contributed by atoms with E-state index in [9.17, 15) is 13.6 Å². The molecular weight excluding hydrogens is 458 g/mol. The average Bonchev–Trinajstić information content (AvgIpc) is 3.01. The van der Waals surface area contributed by atoms with Crippen LogP contribution in [0, 0.1) is 11.6 Å². The Morgan fingerprint density at radius 3 is 2.61 bits per heavy atom. The van der Waals surface area contributed by atoms with Crippen LogP contribution >= 0.6 is 27.5 Å². The minimum atomic E-state index is -1.19. The molecule has 9 heteroatoms. The number of nitrogens with two attached hydrogens (primary N) is 1. The lowest BCUT2D eigenvalue weighted by atomic mass is 10.1. The number of ether oxygens (including phenoxy) is 1. The maximum absolute atomic E-state index is 14.1. The highest BCUT2D eigenvalue weighted by molar-refractivity contribution is 9.10. The summed E-state index contributed by atoms with van der Waals surface area (Å²) in [6.45, 7) is 0.108. The van der Waals surface area contributed by atoms with Crippen LogP contribution in [-0.2, 0) is 6.42 Å². The van der Waals surface area contributed by atoms with E-state index in [1.165, 1.54) is 0 Å². The van der Waals surface area contributed by atoms with Crippen LogP contribution in [0.5, 0.6) is 5.75 Å². The second kappa shape index (κ2) is 8.70. The van der Waals surface area contributed by atoms with Crippen LogP contribution in [0.3, 0.4) is 0 Å². The molecule has 28 heavy (non-hydrogen) atoms. The van der Waals surface area contributed by atoms with Crippen molar-refractivity contribution < 1.29 is 22.7 Å². The fourth-order valence-corrected chi connectivity index (χ4v) is 3.14. The molecule has 0 spiro atoms. The van der Waals surface area contributed by atoms with Crippen LogP contribution in [0.1, 0.15) is 22.7 Å². The van der Waals surface area contributed by atoms with Crippen molar-refractivity contribution >= 4 is 33.4 Å². The summed E-state index contributed by atoms with van der Waals surface area (Å²) in [7, 11) is 0. The van der Waals surface area contributed by atoms with E-state index in [-0.39, 0.29) is 12.4 Å². The molecule has 1 heterocycles. The Morgan fingerprint density at radius 1 is 1.21 bits per heavy atom. The van der Waals surface area contributed by atoms with Crippen molar-refractivity contribution in [3.05, 3.63) is 69.2 Å². The largest absolute Gasteiger partial charge is 0.490 e. The number of benzene rings is 2. The van der Waals surface area contributed by atoms with E-state index in [1.807, 2.05) is 12.1 Å². The van der Waals surface area contributed by atoms with Gasteiger partial charge in [-0.05, 0) is 46.6 Å². The number of hydrogen-bond donors (Lipinski definition) is 1. The normalized spacial score (nSPS) is 10.9. The summed E-state index contributed by atoms with van der Waals surface area (Å²) < 4.78 is 38.9. The molecule has 1 aromatic heterocycles. The predicted molar refractivity (Wildman–Crippen MR) is 103 cm³/mol. The highest BCUT2D eigenvalue weighted by Crippen LogP contribution is 2.30. The summed E-state index contributed by atoms with van der Waals surface area (Å²) >= 11 is 9.22. The second-order valence-corrected chi connectivity index (χ2v) is 6.94. The molecule has 0 bridgehead atoms. The number of carbonyl (C=O) groups is 1. The van der Waals surface area contributed by atoms with Gasteiger partial charge in [-0.25, -0.2) is 13.8 Å². The van der Waals surface area contributed by atoms with Gasteiger partial charge in [0.2, 0.25) is 0 Å². The van der Waals surface area contributed by atoms with Gasteiger partial charge in [0.1, 0.15) is 17.1 Å². The van der Waals surface area contributed by atoms with Crippen LogP contribution in [-0.4, -0.2) is 17.5 Å². The third kappa shape index (κ3) is 4.51. The molecule has 0 aliphatic rings. The van der Waals surface area contributed by atoms with Crippen molar-refractivity contribution in [1.29, 1.82) is 0 Å². The van der Waals surface area contributed by atoms with Gasteiger partial charge in [0, 0.05) is 17.0 Å². The molecule has 146 valence electrons. The minimum absolute atomic E-state index is 0.108. The van der Waals surface area contributed by atoms with E-state index < -0.39 is 23.1 Å². The van der Waals surface area contributed by atoms with Gasteiger partial charge in [-0.2, -0.15) is 0 Å². The highest BCUT2D eigenvalue weighted by Gasteiger charge is 2.19. The van der Waals surface area contributed by atoms with Gasteiger partial charge in [0.25, 0.3) is 5.91 Å². The Hall–Kier alpha value is -2.45. The Kier molecular flexibility index (Phi) is 6.31. The van der Waals surface area contributed by atoms with Crippen molar-refractivity contribution in [3.63, 3.8) is 0 Å². The van der Waals surface area contributed by atoms with Crippen molar-refractivity contribution in [2.45, 2.75) is 12.8 Å². The quantitative estimate of drug-likeness (QED) is 0.484. The van der Waals surface area contributed by atoms with Crippen LogP contribution in [0.2, 0.25) is 5.02 Å². The third-order valence-corrected chi connectivity index (χ3v) is 4.63. The first kappa shape index (κ1) is 20.3. The van der Waals surface area contributed by atoms with Crippen molar-refractivity contribution in [1.82, 2.24) is 4.98 Å². The van der Waals surface area contributed by atoms with Crippen LogP contribution in [0.15, 0.2) is 45.5 Å². The molecule has 2 aromatic carbocycles.